The first-order chi connectivity index (χ1) is 14.5. The summed E-state index contributed by atoms with van der Waals surface area (Å²) >= 11 is 0. The molecule has 154 valence electrons. The second-order valence-electron chi connectivity index (χ2n) is 6.93. The summed E-state index contributed by atoms with van der Waals surface area (Å²) in [6, 6.07) is 19.7. The highest BCUT2D eigenvalue weighted by Gasteiger charge is 2.15. The van der Waals surface area contributed by atoms with Gasteiger partial charge in [-0.15, -0.1) is 0 Å². The molecule has 0 radical (unpaired) electrons. The first-order valence-electron chi connectivity index (χ1n) is 9.76. The van der Waals surface area contributed by atoms with E-state index >= 15 is 0 Å². The molecule has 0 aliphatic carbocycles. The molecule has 0 saturated heterocycles. The zero-order chi connectivity index (χ0) is 21.5. The Morgan fingerprint density at radius 3 is 2.17 bits per heavy atom. The average molecular weight is 407 g/mol. The molecule has 0 heterocycles. The standard InChI is InChI=1S/C24H22FNO4/c1-2-17(22-5-3-4-6-23(22)25)15-16-30-24(27)20-9-7-18(8-10-20)19-11-13-21(14-12-19)26(28)29/h3-14,17H,2,15-16H2,1H3/t17-/m0/s1. The van der Waals surface area contributed by atoms with Crippen LogP contribution in [0.5, 0.6) is 0 Å². The predicted octanol–water partition coefficient (Wildman–Crippen LogP) is 6.14. The fourth-order valence-electron chi connectivity index (χ4n) is 3.34. The van der Waals surface area contributed by atoms with Crippen molar-refractivity contribution in [3.63, 3.8) is 0 Å². The van der Waals surface area contributed by atoms with E-state index in [2.05, 4.69) is 0 Å². The van der Waals surface area contributed by atoms with E-state index in [1.165, 1.54) is 18.2 Å². The third-order valence-corrected chi connectivity index (χ3v) is 5.07. The molecular formula is C24H22FNO4. The average Bonchev–Trinajstić information content (AvgIpc) is 2.77. The quantitative estimate of drug-likeness (QED) is 0.255. The molecule has 3 aromatic rings. The van der Waals surface area contributed by atoms with Gasteiger partial charge in [-0.3, -0.25) is 10.1 Å². The van der Waals surface area contributed by atoms with Crippen LogP contribution in [-0.2, 0) is 4.74 Å². The first-order valence-corrected chi connectivity index (χ1v) is 9.76. The molecule has 1 atom stereocenters. The van der Waals surface area contributed by atoms with Crippen molar-refractivity contribution in [1.29, 1.82) is 0 Å². The van der Waals surface area contributed by atoms with Crippen molar-refractivity contribution in [2.45, 2.75) is 25.7 Å². The topological polar surface area (TPSA) is 69.4 Å². The number of ether oxygens (including phenoxy) is 1. The highest BCUT2D eigenvalue weighted by Crippen LogP contribution is 2.26. The molecule has 30 heavy (non-hydrogen) atoms. The zero-order valence-corrected chi connectivity index (χ0v) is 16.6. The highest BCUT2D eigenvalue weighted by atomic mass is 19.1. The van der Waals surface area contributed by atoms with Crippen LogP contribution in [0, 0.1) is 15.9 Å². The summed E-state index contributed by atoms with van der Waals surface area (Å²) in [5.74, 6) is -0.686. The van der Waals surface area contributed by atoms with Gasteiger partial charge in [0, 0.05) is 12.1 Å². The van der Waals surface area contributed by atoms with Crippen LogP contribution < -0.4 is 0 Å². The maximum absolute atomic E-state index is 14.0. The minimum atomic E-state index is -0.446. The van der Waals surface area contributed by atoms with Crippen molar-refractivity contribution in [1.82, 2.24) is 0 Å². The van der Waals surface area contributed by atoms with Gasteiger partial charge in [0.1, 0.15) is 5.82 Å². The molecule has 0 unspecified atom stereocenters. The van der Waals surface area contributed by atoms with Gasteiger partial charge < -0.3 is 4.74 Å². The summed E-state index contributed by atoms with van der Waals surface area (Å²) in [6.45, 7) is 2.19. The number of nitro benzene ring substituents is 1. The van der Waals surface area contributed by atoms with Crippen LogP contribution >= 0.6 is 0 Å². The Balaban J connectivity index is 1.58. The molecule has 0 amide bonds. The third kappa shape index (κ3) is 5.08. The van der Waals surface area contributed by atoms with Crippen LogP contribution in [0.15, 0.2) is 72.8 Å². The fraction of sp³-hybridized carbons (Fsp3) is 0.208. The van der Waals surface area contributed by atoms with Crippen LogP contribution in [0.25, 0.3) is 11.1 Å². The van der Waals surface area contributed by atoms with Crippen LogP contribution in [0.4, 0.5) is 10.1 Å². The predicted molar refractivity (Wildman–Crippen MR) is 113 cm³/mol. The number of rotatable bonds is 8. The molecule has 0 fully saturated rings. The van der Waals surface area contributed by atoms with E-state index in [-0.39, 0.29) is 24.0 Å². The van der Waals surface area contributed by atoms with Gasteiger partial charge in [-0.25, -0.2) is 9.18 Å². The van der Waals surface area contributed by atoms with Gasteiger partial charge in [0.2, 0.25) is 0 Å². The van der Waals surface area contributed by atoms with Crippen molar-refractivity contribution in [2.24, 2.45) is 0 Å². The number of nitro groups is 1. The molecule has 0 bridgehead atoms. The number of carbonyl (C=O) groups excluding carboxylic acids is 1. The number of nitrogens with zero attached hydrogens (tertiary/aromatic N) is 1. The molecule has 3 rings (SSSR count). The van der Waals surface area contributed by atoms with Crippen LogP contribution in [0.3, 0.4) is 0 Å². The minimum absolute atomic E-state index is 0.0106. The van der Waals surface area contributed by atoms with Gasteiger partial charge in [-0.05, 0) is 65.8 Å². The molecule has 0 saturated carbocycles. The Hall–Kier alpha value is -3.54. The summed E-state index contributed by atoms with van der Waals surface area (Å²) in [5.41, 5.74) is 2.74. The van der Waals surface area contributed by atoms with Crippen molar-refractivity contribution >= 4 is 11.7 Å². The highest BCUT2D eigenvalue weighted by molar-refractivity contribution is 5.90. The number of esters is 1. The fourth-order valence-corrected chi connectivity index (χ4v) is 3.34. The molecule has 6 heteroatoms. The van der Waals surface area contributed by atoms with Crippen molar-refractivity contribution < 1.29 is 18.8 Å². The van der Waals surface area contributed by atoms with Gasteiger partial charge in [0.05, 0.1) is 17.1 Å². The number of hydrogen-bond donors (Lipinski definition) is 0. The van der Waals surface area contributed by atoms with Gasteiger partial charge in [0.15, 0.2) is 0 Å². The molecule has 0 aliphatic rings. The molecule has 3 aromatic carbocycles. The second kappa shape index (κ2) is 9.78. The summed E-state index contributed by atoms with van der Waals surface area (Å²) < 4.78 is 19.3. The summed E-state index contributed by atoms with van der Waals surface area (Å²) in [6.07, 6.45) is 1.30. The molecule has 0 N–H and O–H groups in total. The summed E-state index contributed by atoms with van der Waals surface area (Å²) in [7, 11) is 0. The van der Waals surface area contributed by atoms with Crippen LogP contribution in [0.2, 0.25) is 0 Å². The molecular weight excluding hydrogens is 385 g/mol. The van der Waals surface area contributed by atoms with Gasteiger partial charge in [-0.2, -0.15) is 0 Å². The van der Waals surface area contributed by atoms with E-state index in [0.29, 0.717) is 17.5 Å². The van der Waals surface area contributed by atoms with Crippen LogP contribution in [0.1, 0.15) is 41.6 Å². The molecule has 5 nitrogen and oxygen atoms in total. The van der Waals surface area contributed by atoms with E-state index in [0.717, 1.165) is 17.5 Å². The Kier molecular flexibility index (Phi) is 6.91. The minimum Gasteiger partial charge on any atom is -0.462 e. The van der Waals surface area contributed by atoms with E-state index in [1.807, 2.05) is 6.92 Å². The smallest absolute Gasteiger partial charge is 0.338 e. The Morgan fingerprint density at radius 1 is 1.00 bits per heavy atom. The number of non-ortho nitro benzene ring substituents is 1. The monoisotopic (exact) mass is 407 g/mol. The summed E-state index contributed by atoms with van der Waals surface area (Å²) in [5, 5.41) is 10.7. The Morgan fingerprint density at radius 2 is 1.60 bits per heavy atom. The van der Waals surface area contributed by atoms with Crippen molar-refractivity contribution in [3.05, 3.63) is 99.9 Å². The van der Waals surface area contributed by atoms with E-state index in [4.69, 9.17) is 4.74 Å². The van der Waals surface area contributed by atoms with Crippen molar-refractivity contribution in [2.75, 3.05) is 6.61 Å². The van der Waals surface area contributed by atoms with Gasteiger partial charge >= 0.3 is 5.97 Å². The van der Waals surface area contributed by atoms with E-state index in [1.54, 1.807) is 54.6 Å². The molecule has 0 spiro atoms. The Labute approximate surface area is 174 Å². The third-order valence-electron chi connectivity index (χ3n) is 5.07. The number of carbonyl (C=O) groups is 1. The normalized spacial score (nSPS) is 11.7. The lowest BCUT2D eigenvalue weighted by molar-refractivity contribution is -0.384. The maximum atomic E-state index is 14.0. The summed E-state index contributed by atoms with van der Waals surface area (Å²) in [4.78, 5) is 22.6. The second-order valence-corrected chi connectivity index (χ2v) is 6.93. The largest absolute Gasteiger partial charge is 0.462 e. The lowest BCUT2D eigenvalue weighted by atomic mass is 9.93. The van der Waals surface area contributed by atoms with Gasteiger partial charge in [-0.1, -0.05) is 37.3 Å². The van der Waals surface area contributed by atoms with E-state index < -0.39 is 10.9 Å². The first kappa shape index (κ1) is 21.2. The number of hydrogen-bond acceptors (Lipinski definition) is 4. The van der Waals surface area contributed by atoms with Crippen molar-refractivity contribution in [3.8, 4) is 11.1 Å². The molecule has 0 aromatic heterocycles. The van der Waals surface area contributed by atoms with Gasteiger partial charge in [0.25, 0.3) is 5.69 Å². The number of benzene rings is 3. The lowest BCUT2D eigenvalue weighted by Gasteiger charge is -2.16. The number of halogens is 1. The van der Waals surface area contributed by atoms with Crippen LogP contribution in [-0.4, -0.2) is 17.5 Å². The van der Waals surface area contributed by atoms with E-state index in [9.17, 15) is 19.3 Å². The maximum Gasteiger partial charge on any atom is 0.338 e. The SMILES string of the molecule is CC[C@@H](CCOC(=O)c1ccc(-c2ccc([N+](=O)[O-])cc2)cc1)c1ccccc1F. The Bertz CT molecular complexity index is 1020. The lowest BCUT2D eigenvalue weighted by Crippen LogP contribution is -2.10. The zero-order valence-electron chi connectivity index (χ0n) is 16.6. The molecule has 0 aliphatic heterocycles.